The lowest BCUT2D eigenvalue weighted by molar-refractivity contribution is 0.340. The van der Waals surface area contributed by atoms with Gasteiger partial charge in [-0.15, -0.1) is 0 Å². The molecule has 1 heteroatoms. The number of hydrogen-bond acceptors (Lipinski definition) is 1. The van der Waals surface area contributed by atoms with Crippen molar-refractivity contribution in [2.75, 3.05) is 6.61 Å². The summed E-state index contributed by atoms with van der Waals surface area (Å²) in [6.07, 6.45) is 7.10. The van der Waals surface area contributed by atoms with Crippen LogP contribution in [0, 0.1) is 0 Å². The van der Waals surface area contributed by atoms with E-state index in [4.69, 9.17) is 4.74 Å². The third-order valence-corrected chi connectivity index (χ3v) is 4.11. The van der Waals surface area contributed by atoms with Gasteiger partial charge in [0.1, 0.15) is 5.75 Å². The molecule has 0 N–H and O–H groups in total. The highest BCUT2D eigenvalue weighted by atomic mass is 16.5. The molecule has 1 aliphatic rings. The van der Waals surface area contributed by atoms with Gasteiger partial charge in [0.2, 0.25) is 0 Å². The Morgan fingerprint density at radius 1 is 1.00 bits per heavy atom. The molecule has 0 amide bonds. The fraction of sp³-hybridized carbons (Fsp3) is 0.300. The number of hydrogen-bond donors (Lipinski definition) is 0. The molecule has 1 aliphatic carbocycles. The molecule has 0 fully saturated rings. The minimum absolute atomic E-state index is 0.590. The predicted molar refractivity (Wildman–Crippen MR) is 89.7 cm³/mol. The summed E-state index contributed by atoms with van der Waals surface area (Å²) >= 11 is 0. The molecule has 1 unspecified atom stereocenters. The van der Waals surface area contributed by atoms with Gasteiger partial charge in [-0.2, -0.15) is 0 Å². The molecular weight excluding hydrogens is 256 g/mol. The minimum atomic E-state index is 0.590. The molecule has 1 nitrogen and oxygen atoms in total. The summed E-state index contributed by atoms with van der Waals surface area (Å²) in [5.41, 5.74) is 5.45. The van der Waals surface area contributed by atoms with Gasteiger partial charge in [-0.25, -0.2) is 0 Å². The van der Waals surface area contributed by atoms with Crippen LogP contribution in [0.15, 0.2) is 48.5 Å². The van der Waals surface area contributed by atoms with Crippen LogP contribution < -0.4 is 4.74 Å². The van der Waals surface area contributed by atoms with Crippen LogP contribution in [-0.2, 0) is 0 Å². The zero-order valence-corrected chi connectivity index (χ0v) is 12.8. The van der Waals surface area contributed by atoms with Gasteiger partial charge in [-0.3, -0.25) is 0 Å². The van der Waals surface area contributed by atoms with Crippen molar-refractivity contribution < 1.29 is 4.74 Å². The van der Waals surface area contributed by atoms with Crippen LogP contribution in [0.25, 0.3) is 17.2 Å². The monoisotopic (exact) mass is 278 g/mol. The van der Waals surface area contributed by atoms with Gasteiger partial charge >= 0.3 is 0 Å². The van der Waals surface area contributed by atoms with Gasteiger partial charge in [-0.1, -0.05) is 55.8 Å². The summed E-state index contributed by atoms with van der Waals surface area (Å²) in [6, 6.07) is 15.1. The maximum atomic E-state index is 5.52. The first-order valence-corrected chi connectivity index (χ1v) is 7.87. The first-order chi connectivity index (χ1) is 10.3. The van der Waals surface area contributed by atoms with Crippen molar-refractivity contribution in [3.8, 4) is 16.9 Å². The van der Waals surface area contributed by atoms with Crippen LogP contribution in [0.1, 0.15) is 43.7 Å². The Morgan fingerprint density at radius 2 is 1.81 bits per heavy atom. The summed E-state index contributed by atoms with van der Waals surface area (Å²) < 4.78 is 5.52. The van der Waals surface area contributed by atoms with Crippen LogP contribution in [0.2, 0.25) is 0 Å². The second kappa shape index (κ2) is 6.17. The lowest BCUT2D eigenvalue weighted by Gasteiger charge is -2.13. The zero-order chi connectivity index (χ0) is 14.7. The van der Waals surface area contributed by atoms with E-state index in [1.165, 1.54) is 35.1 Å². The van der Waals surface area contributed by atoms with E-state index in [1.807, 2.05) is 6.92 Å². The Balaban J connectivity index is 1.95. The second-order valence-corrected chi connectivity index (χ2v) is 5.52. The molecule has 0 radical (unpaired) electrons. The molecule has 21 heavy (non-hydrogen) atoms. The lowest BCUT2D eigenvalue weighted by Crippen LogP contribution is -1.94. The molecule has 0 saturated carbocycles. The SMILES string of the molecule is CCCC1C=Cc2c(-c3ccc(OCC)cc3)cccc21. The summed E-state index contributed by atoms with van der Waals surface area (Å²) in [7, 11) is 0. The fourth-order valence-corrected chi connectivity index (χ4v) is 3.12. The molecule has 3 rings (SSSR count). The van der Waals surface area contributed by atoms with E-state index in [-0.39, 0.29) is 0 Å². The van der Waals surface area contributed by atoms with Crippen LogP contribution in [-0.4, -0.2) is 6.61 Å². The molecule has 0 heterocycles. The Kier molecular flexibility index (Phi) is 4.10. The van der Waals surface area contributed by atoms with Crippen LogP contribution in [0.3, 0.4) is 0 Å². The molecule has 0 aliphatic heterocycles. The van der Waals surface area contributed by atoms with Crippen molar-refractivity contribution in [1.82, 2.24) is 0 Å². The highest BCUT2D eigenvalue weighted by Gasteiger charge is 2.19. The summed E-state index contributed by atoms with van der Waals surface area (Å²) in [5.74, 6) is 1.53. The topological polar surface area (TPSA) is 9.23 Å². The highest BCUT2D eigenvalue weighted by molar-refractivity contribution is 5.80. The van der Waals surface area contributed by atoms with Crippen LogP contribution in [0.4, 0.5) is 0 Å². The highest BCUT2D eigenvalue weighted by Crippen LogP contribution is 2.39. The number of benzene rings is 2. The third kappa shape index (κ3) is 2.73. The Labute approximate surface area is 127 Å². The number of ether oxygens (including phenoxy) is 1. The largest absolute Gasteiger partial charge is 0.494 e. The quantitative estimate of drug-likeness (QED) is 0.685. The first-order valence-electron chi connectivity index (χ1n) is 7.87. The van der Waals surface area contributed by atoms with E-state index in [0.717, 1.165) is 5.75 Å². The van der Waals surface area contributed by atoms with Crippen molar-refractivity contribution in [3.05, 3.63) is 59.7 Å². The number of rotatable bonds is 5. The zero-order valence-electron chi connectivity index (χ0n) is 12.8. The summed E-state index contributed by atoms with van der Waals surface area (Å²) in [5, 5.41) is 0. The average molecular weight is 278 g/mol. The van der Waals surface area contributed by atoms with E-state index in [0.29, 0.717) is 12.5 Å². The van der Waals surface area contributed by atoms with E-state index in [9.17, 15) is 0 Å². The van der Waals surface area contributed by atoms with Crippen molar-refractivity contribution >= 4 is 6.08 Å². The molecule has 0 spiro atoms. The third-order valence-electron chi connectivity index (χ3n) is 4.11. The van der Waals surface area contributed by atoms with Gasteiger partial charge in [0.25, 0.3) is 0 Å². The van der Waals surface area contributed by atoms with E-state index in [2.05, 4.69) is 61.5 Å². The predicted octanol–water partition coefficient (Wildman–Crippen LogP) is 5.66. The Bertz CT molecular complexity index is 637. The summed E-state index contributed by atoms with van der Waals surface area (Å²) in [4.78, 5) is 0. The van der Waals surface area contributed by atoms with E-state index in [1.54, 1.807) is 0 Å². The van der Waals surface area contributed by atoms with Gasteiger partial charge < -0.3 is 4.74 Å². The molecular formula is C20H22O. The van der Waals surface area contributed by atoms with Crippen molar-refractivity contribution in [1.29, 1.82) is 0 Å². The summed E-state index contributed by atoms with van der Waals surface area (Å²) in [6.45, 7) is 4.97. The van der Waals surface area contributed by atoms with Crippen molar-refractivity contribution in [2.24, 2.45) is 0 Å². The molecule has 2 aromatic carbocycles. The molecule has 0 aromatic heterocycles. The van der Waals surface area contributed by atoms with Crippen molar-refractivity contribution in [2.45, 2.75) is 32.6 Å². The number of fused-ring (bicyclic) bond motifs is 1. The average Bonchev–Trinajstić information content (AvgIpc) is 2.92. The van der Waals surface area contributed by atoms with Gasteiger partial charge in [-0.05, 0) is 47.7 Å². The first kappa shape index (κ1) is 13.9. The second-order valence-electron chi connectivity index (χ2n) is 5.52. The lowest BCUT2D eigenvalue weighted by atomic mass is 9.92. The number of allylic oxidation sites excluding steroid dienone is 1. The van der Waals surface area contributed by atoms with Crippen molar-refractivity contribution in [3.63, 3.8) is 0 Å². The smallest absolute Gasteiger partial charge is 0.119 e. The molecule has 108 valence electrons. The maximum absolute atomic E-state index is 5.52. The Morgan fingerprint density at radius 3 is 2.52 bits per heavy atom. The molecule has 0 bridgehead atoms. The molecule has 0 saturated heterocycles. The Hall–Kier alpha value is -2.02. The van der Waals surface area contributed by atoms with Crippen LogP contribution in [0.5, 0.6) is 5.75 Å². The minimum Gasteiger partial charge on any atom is -0.494 e. The molecule has 1 atom stereocenters. The van der Waals surface area contributed by atoms with Crippen LogP contribution >= 0.6 is 0 Å². The maximum Gasteiger partial charge on any atom is 0.119 e. The molecule has 2 aromatic rings. The van der Waals surface area contributed by atoms with Gasteiger partial charge in [0.05, 0.1) is 6.61 Å². The van der Waals surface area contributed by atoms with Gasteiger partial charge in [0.15, 0.2) is 0 Å². The van der Waals surface area contributed by atoms with E-state index < -0.39 is 0 Å². The van der Waals surface area contributed by atoms with Gasteiger partial charge in [0, 0.05) is 5.92 Å². The standard InChI is InChI=1S/C20H22O/c1-3-6-15-11-14-20-18(15)7-5-8-19(20)16-9-12-17(13-10-16)21-4-2/h5,7-15H,3-4,6H2,1-2H3. The van der Waals surface area contributed by atoms with E-state index >= 15 is 0 Å². The fourth-order valence-electron chi connectivity index (χ4n) is 3.12. The normalized spacial score (nSPS) is 16.0.